The van der Waals surface area contributed by atoms with Crippen LogP contribution in [0.4, 0.5) is 0 Å². The lowest BCUT2D eigenvalue weighted by molar-refractivity contribution is -0.126. The van der Waals surface area contributed by atoms with Gasteiger partial charge in [0.2, 0.25) is 5.91 Å². The van der Waals surface area contributed by atoms with Gasteiger partial charge >= 0.3 is 0 Å². The molecule has 1 amide bonds. The first-order valence-electron chi connectivity index (χ1n) is 6.55. The summed E-state index contributed by atoms with van der Waals surface area (Å²) in [5.74, 6) is -0.0399. The molecule has 0 saturated carbocycles. The third-order valence-corrected chi connectivity index (χ3v) is 4.70. The molecule has 0 aliphatic heterocycles. The molecule has 2 nitrogen and oxygen atoms in total. The summed E-state index contributed by atoms with van der Waals surface area (Å²) in [6.07, 6.45) is 3.24. The van der Waals surface area contributed by atoms with Crippen molar-refractivity contribution in [1.82, 2.24) is 4.90 Å². The van der Waals surface area contributed by atoms with E-state index in [-0.39, 0.29) is 5.91 Å². The second kappa shape index (κ2) is 7.64. The van der Waals surface area contributed by atoms with Crippen molar-refractivity contribution >= 4 is 46.5 Å². The summed E-state index contributed by atoms with van der Waals surface area (Å²) in [5.41, 5.74) is 0.740. The number of thiophene rings is 1. The van der Waals surface area contributed by atoms with E-state index in [1.165, 1.54) is 11.0 Å². The topological polar surface area (TPSA) is 20.3 Å². The van der Waals surface area contributed by atoms with Crippen LogP contribution in [-0.2, 0) is 11.3 Å². The smallest absolute Gasteiger partial charge is 0.246 e. The molecule has 0 radical (unpaired) electrons. The Labute approximate surface area is 138 Å². The fraction of sp³-hybridized carbons (Fsp3) is 0.188. The van der Waals surface area contributed by atoms with Crippen LogP contribution in [0, 0.1) is 0 Å². The quantitative estimate of drug-likeness (QED) is 0.692. The maximum absolute atomic E-state index is 12.2. The van der Waals surface area contributed by atoms with Gasteiger partial charge in [0.05, 0.1) is 16.6 Å². The second-order valence-electron chi connectivity index (χ2n) is 4.41. The molecule has 21 heavy (non-hydrogen) atoms. The third kappa shape index (κ3) is 4.34. The van der Waals surface area contributed by atoms with Crippen LogP contribution < -0.4 is 0 Å². The molecule has 0 aliphatic rings. The number of carbonyl (C=O) groups excluding carboxylic acids is 1. The van der Waals surface area contributed by atoms with Gasteiger partial charge in [0, 0.05) is 17.5 Å². The largest absolute Gasteiger partial charge is 0.334 e. The molecule has 0 N–H and O–H groups in total. The average Bonchev–Trinajstić information content (AvgIpc) is 2.99. The molecule has 0 fully saturated rings. The molecule has 2 aromatic rings. The van der Waals surface area contributed by atoms with Crippen LogP contribution in [-0.4, -0.2) is 17.4 Å². The van der Waals surface area contributed by atoms with E-state index in [2.05, 4.69) is 0 Å². The van der Waals surface area contributed by atoms with Gasteiger partial charge in [-0.2, -0.15) is 0 Å². The van der Waals surface area contributed by atoms with Crippen LogP contribution in [0.5, 0.6) is 0 Å². The summed E-state index contributed by atoms with van der Waals surface area (Å²) >= 11 is 13.7. The number of halogens is 2. The standard InChI is InChI=1S/C16H15Cl2NOS/c1-2-19(11-13-6-4-10-21-13)15(20)9-8-12-5-3-7-14(17)16(12)18/h3-10H,2,11H2,1H3/b9-8+. The van der Waals surface area contributed by atoms with Crippen LogP contribution in [0.1, 0.15) is 17.4 Å². The first-order chi connectivity index (χ1) is 10.1. The Morgan fingerprint density at radius 3 is 2.76 bits per heavy atom. The molecule has 110 valence electrons. The van der Waals surface area contributed by atoms with Gasteiger partial charge in [0.25, 0.3) is 0 Å². The van der Waals surface area contributed by atoms with Crippen molar-refractivity contribution in [3.05, 3.63) is 62.3 Å². The molecule has 0 saturated heterocycles. The van der Waals surface area contributed by atoms with Crippen molar-refractivity contribution in [2.45, 2.75) is 13.5 Å². The molecular weight excluding hydrogens is 325 g/mol. The SMILES string of the molecule is CCN(Cc1cccs1)C(=O)/C=C/c1cccc(Cl)c1Cl. The number of rotatable bonds is 5. The first-order valence-corrected chi connectivity index (χ1v) is 8.18. The van der Waals surface area contributed by atoms with Crippen molar-refractivity contribution < 1.29 is 4.79 Å². The Bertz CT molecular complexity index is 638. The maximum atomic E-state index is 12.2. The summed E-state index contributed by atoms with van der Waals surface area (Å²) < 4.78 is 0. The summed E-state index contributed by atoms with van der Waals surface area (Å²) in [7, 11) is 0. The van der Waals surface area contributed by atoms with Gasteiger partial charge in [0.1, 0.15) is 0 Å². The monoisotopic (exact) mass is 339 g/mol. The maximum Gasteiger partial charge on any atom is 0.246 e. The molecule has 0 atom stereocenters. The number of hydrogen-bond acceptors (Lipinski definition) is 2. The Morgan fingerprint density at radius 1 is 1.29 bits per heavy atom. The van der Waals surface area contributed by atoms with Gasteiger partial charge in [-0.1, -0.05) is 41.4 Å². The first kappa shape index (κ1) is 16.1. The third-order valence-electron chi connectivity index (χ3n) is 3.01. The van der Waals surface area contributed by atoms with Crippen molar-refractivity contribution in [2.24, 2.45) is 0 Å². The number of likely N-dealkylation sites (N-methyl/N-ethyl adjacent to an activating group) is 1. The molecule has 5 heteroatoms. The summed E-state index contributed by atoms with van der Waals surface area (Å²) in [4.78, 5) is 15.2. The molecule has 1 aromatic heterocycles. The van der Waals surface area contributed by atoms with Gasteiger partial charge in [-0.15, -0.1) is 11.3 Å². The lowest BCUT2D eigenvalue weighted by Crippen LogP contribution is -2.28. The molecule has 0 unspecified atom stereocenters. The summed E-state index contributed by atoms with van der Waals surface area (Å²) in [6, 6.07) is 9.37. The van der Waals surface area contributed by atoms with E-state index in [0.717, 1.165) is 5.56 Å². The Hall–Kier alpha value is -1.29. The zero-order valence-corrected chi connectivity index (χ0v) is 13.9. The van der Waals surface area contributed by atoms with E-state index in [9.17, 15) is 4.79 Å². The lowest BCUT2D eigenvalue weighted by atomic mass is 10.2. The van der Waals surface area contributed by atoms with Crippen LogP contribution in [0.3, 0.4) is 0 Å². The molecule has 0 aliphatic carbocycles. The van der Waals surface area contributed by atoms with Gasteiger partial charge in [-0.3, -0.25) is 4.79 Å². The zero-order valence-electron chi connectivity index (χ0n) is 11.6. The number of hydrogen-bond donors (Lipinski definition) is 0. The van der Waals surface area contributed by atoms with Crippen molar-refractivity contribution in [2.75, 3.05) is 6.54 Å². The highest BCUT2D eigenvalue weighted by molar-refractivity contribution is 7.09. The fourth-order valence-corrected chi connectivity index (χ4v) is 2.94. The summed E-state index contributed by atoms with van der Waals surface area (Å²) in [6.45, 7) is 3.25. The van der Waals surface area contributed by atoms with Crippen molar-refractivity contribution in [3.8, 4) is 0 Å². The Balaban J connectivity index is 2.08. The number of benzene rings is 1. The summed E-state index contributed by atoms with van der Waals surface area (Å²) in [5, 5.41) is 2.96. The minimum Gasteiger partial charge on any atom is -0.334 e. The van der Waals surface area contributed by atoms with Crippen LogP contribution >= 0.6 is 34.5 Å². The number of carbonyl (C=O) groups is 1. The van der Waals surface area contributed by atoms with Crippen molar-refractivity contribution in [3.63, 3.8) is 0 Å². The molecule has 0 spiro atoms. The molecule has 1 aromatic carbocycles. The van der Waals surface area contributed by atoms with Gasteiger partial charge in [-0.05, 0) is 36.1 Å². The molecular formula is C16H15Cl2NOS. The van der Waals surface area contributed by atoms with E-state index >= 15 is 0 Å². The van der Waals surface area contributed by atoms with Crippen molar-refractivity contribution in [1.29, 1.82) is 0 Å². The molecule has 1 heterocycles. The van der Waals surface area contributed by atoms with E-state index in [1.807, 2.05) is 36.6 Å². The molecule has 2 rings (SSSR count). The predicted octanol–water partition coefficient (Wildman–Crippen LogP) is 5.12. The number of nitrogens with zero attached hydrogens (tertiary/aromatic N) is 1. The highest BCUT2D eigenvalue weighted by Crippen LogP contribution is 2.26. The Morgan fingerprint density at radius 2 is 2.10 bits per heavy atom. The fourth-order valence-electron chi connectivity index (χ4n) is 1.85. The van der Waals surface area contributed by atoms with E-state index in [1.54, 1.807) is 28.4 Å². The van der Waals surface area contributed by atoms with E-state index < -0.39 is 0 Å². The minimum atomic E-state index is -0.0399. The highest BCUT2D eigenvalue weighted by Gasteiger charge is 2.10. The van der Waals surface area contributed by atoms with Gasteiger partial charge in [-0.25, -0.2) is 0 Å². The Kier molecular flexibility index (Phi) is 5.85. The van der Waals surface area contributed by atoms with E-state index in [0.29, 0.717) is 23.1 Å². The van der Waals surface area contributed by atoms with Gasteiger partial charge in [0.15, 0.2) is 0 Å². The van der Waals surface area contributed by atoms with Crippen LogP contribution in [0.2, 0.25) is 10.0 Å². The zero-order chi connectivity index (χ0) is 15.2. The normalized spacial score (nSPS) is 11.0. The molecule has 0 bridgehead atoms. The second-order valence-corrected chi connectivity index (χ2v) is 6.23. The number of amides is 1. The average molecular weight is 340 g/mol. The minimum absolute atomic E-state index is 0.0399. The highest BCUT2D eigenvalue weighted by atomic mass is 35.5. The van der Waals surface area contributed by atoms with Gasteiger partial charge < -0.3 is 4.90 Å². The van der Waals surface area contributed by atoms with Crippen LogP contribution in [0.15, 0.2) is 41.8 Å². The van der Waals surface area contributed by atoms with Crippen LogP contribution in [0.25, 0.3) is 6.08 Å². The predicted molar refractivity (Wildman–Crippen MR) is 90.9 cm³/mol. The lowest BCUT2D eigenvalue weighted by Gasteiger charge is -2.18. The van der Waals surface area contributed by atoms with E-state index in [4.69, 9.17) is 23.2 Å².